The number of carbonyl (C=O) groups is 4. The van der Waals surface area contributed by atoms with Gasteiger partial charge in [-0.3, -0.25) is 14.4 Å². The minimum atomic E-state index is -1.71. The van der Waals surface area contributed by atoms with Gasteiger partial charge in [0.15, 0.2) is 18.3 Å². The minimum absolute atomic E-state index is 0. The Kier molecular flexibility index (Phi) is 22.8. The summed E-state index contributed by atoms with van der Waals surface area (Å²) >= 11 is 9.87. The van der Waals surface area contributed by atoms with Crippen molar-refractivity contribution in [1.82, 2.24) is 5.32 Å². The molecule has 0 saturated carbocycles. The van der Waals surface area contributed by atoms with Crippen molar-refractivity contribution >= 4 is 103 Å². The molecule has 5 rings (SSSR count). The molecule has 21 heteroatoms. The number of allylic oxidation sites excluding steroid dienone is 2. The number of carbonyl (C=O) groups excluding carboxylic acids is 4. The van der Waals surface area contributed by atoms with Gasteiger partial charge in [0, 0.05) is 44.5 Å². The van der Waals surface area contributed by atoms with Crippen LogP contribution in [0.2, 0.25) is 0 Å². The number of esters is 1. The smallest absolute Gasteiger partial charge is 0.338 e. The summed E-state index contributed by atoms with van der Waals surface area (Å²) in [5.41, 5.74) is 6.80. The number of hydrogen-bond donors (Lipinski definition) is 9. The van der Waals surface area contributed by atoms with E-state index in [1.165, 1.54) is 38.1 Å². The Morgan fingerprint density at radius 2 is 1.37 bits per heavy atom. The number of anilines is 2. The average Bonchev–Trinajstić information content (AvgIpc) is 3.28. The first-order valence-corrected chi connectivity index (χ1v) is 23.0. The van der Waals surface area contributed by atoms with Crippen LogP contribution in [-0.2, 0) is 33.4 Å². The fourth-order valence-electron chi connectivity index (χ4n) is 5.68. The molecule has 1 fully saturated rings. The normalized spacial score (nSPS) is 23.6. The van der Waals surface area contributed by atoms with Crippen LogP contribution in [0.5, 0.6) is 0 Å². The molecular weight excluding hydrogens is 1010 g/mol. The fraction of sp³-hybridized carbons (Fsp3) is 0.524. The molecule has 2 aromatic rings. The van der Waals surface area contributed by atoms with Crippen molar-refractivity contribution in [2.24, 2.45) is 16.6 Å². The highest BCUT2D eigenvalue weighted by molar-refractivity contribution is 9.10. The van der Waals surface area contributed by atoms with E-state index in [-0.39, 0.29) is 34.9 Å². The van der Waals surface area contributed by atoms with Crippen molar-refractivity contribution in [3.05, 3.63) is 69.6 Å². The quantitative estimate of drug-likeness (QED) is 0.120. The van der Waals surface area contributed by atoms with Gasteiger partial charge in [0.1, 0.15) is 36.6 Å². The Hall–Kier alpha value is -2.57. The van der Waals surface area contributed by atoms with Crippen molar-refractivity contribution in [2.75, 3.05) is 36.4 Å². The number of halogens is 3. The van der Waals surface area contributed by atoms with Crippen molar-refractivity contribution in [3.63, 3.8) is 0 Å². The van der Waals surface area contributed by atoms with Crippen LogP contribution in [0.15, 0.2) is 79.4 Å². The van der Waals surface area contributed by atoms with E-state index in [0.717, 1.165) is 24.4 Å². The van der Waals surface area contributed by atoms with Crippen LogP contribution in [0.1, 0.15) is 41.5 Å². The molecule has 63 heavy (non-hydrogen) atoms. The van der Waals surface area contributed by atoms with Gasteiger partial charge in [-0.2, -0.15) is 0 Å². The Morgan fingerprint density at radius 1 is 0.857 bits per heavy atom. The summed E-state index contributed by atoms with van der Waals surface area (Å²) in [6.07, 6.45) is -4.03. The number of nitrogens with one attached hydrogen (secondary N) is 3. The first-order chi connectivity index (χ1) is 28.9. The van der Waals surface area contributed by atoms with Gasteiger partial charge in [0.25, 0.3) is 5.91 Å². The summed E-state index contributed by atoms with van der Waals surface area (Å²) in [5, 5.41) is 58.6. The molecule has 0 radical (unpaired) electrons. The van der Waals surface area contributed by atoms with Crippen LogP contribution in [0.25, 0.3) is 0 Å². The first kappa shape index (κ1) is 56.6. The number of fused-ring (bicyclic) bond motifs is 2. The molecular formula is C42H59Br2ClN4O12S2. The second-order valence-corrected chi connectivity index (χ2v) is 20.4. The van der Waals surface area contributed by atoms with E-state index < -0.39 is 78.7 Å². The highest BCUT2D eigenvalue weighted by Gasteiger charge is 2.47. The van der Waals surface area contributed by atoms with Gasteiger partial charge >= 0.3 is 5.97 Å². The zero-order valence-electron chi connectivity index (χ0n) is 36.1. The van der Waals surface area contributed by atoms with Crippen LogP contribution in [0.3, 0.4) is 0 Å². The Labute approximate surface area is 399 Å². The fourth-order valence-corrected chi connectivity index (χ4v) is 9.12. The van der Waals surface area contributed by atoms with Gasteiger partial charge in [-0.1, -0.05) is 78.0 Å². The molecule has 10 N–H and O–H groups in total. The number of rotatable bonds is 10. The molecule has 16 nitrogen and oxygen atoms in total. The highest BCUT2D eigenvalue weighted by Crippen LogP contribution is 2.38. The first-order valence-electron chi connectivity index (χ1n) is 19.4. The number of benzene rings is 2. The lowest BCUT2D eigenvalue weighted by Crippen LogP contribution is -2.55. The zero-order valence-corrected chi connectivity index (χ0v) is 41.7. The Balaban J connectivity index is 0.000000357. The number of aliphatic hydroxyl groups is 5. The number of aliphatic hydroxyl groups excluding tert-OH is 5. The zero-order chi connectivity index (χ0) is 46.7. The second kappa shape index (κ2) is 25.4. The average molecular weight is 1070 g/mol. The number of amides is 3. The van der Waals surface area contributed by atoms with Crippen LogP contribution < -0.4 is 21.7 Å². The van der Waals surface area contributed by atoms with Gasteiger partial charge in [0.2, 0.25) is 11.8 Å². The third kappa shape index (κ3) is 17.0. The number of ether oxygens (including phenoxy) is 3. The summed E-state index contributed by atoms with van der Waals surface area (Å²) in [7, 11) is 2.52. The third-order valence-corrected chi connectivity index (χ3v) is 13.4. The lowest BCUT2D eigenvalue weighted by atomic mass is 9.94. The molecule has 3 amide bonds. The summed E-state index contributed by atoms with van der Waals surface area (Å²) < 4.78 is 16.6. The number of methoxy groups -OCH3 is 2. The molecule has 0 unspecified atom stereocenters. The minimum Gasteiger partial charge on any atom is -0.454 e. The molecule has 352 valence electrons. The standard InChI is InChI=1S/C21H29BrN2O6S.C12H20O5.C9H9BrN2OS.ClH/c1-21(2,3)9-8-14(25)15(26)16(27)17(30-4)20(29)24-13-10-31-18-11(22)6-5-7-12(18)23-19(13)28;1-12(2,3)6-5-7(13)9-8(14)10(16-4)11(15)17-9;10-5-2-1-3-7-8(5)14-4-6(11)9(13)12-7;/h5-9,13-17,25-27H,10H2,1-4H3,(H,23,28)(H,24,29);5-10,13-14H,1-4H3;1-3,6H,4,11H2,(H,12,13);1H/b9-8+;6-5+;;/t13-,14+,15-,16+,17+;7-,8-,9+,10-;6-;/m010./s1. The number of hydrogen-bond acceptors (Lipinski definition) is 15. The monoisotopic (exact) mass is 1070 g/mol. The van der Waals surface area contributed by atoms with Gasteiger partial charge in [-0.25, -0.2) is 4.79 Å². The van der Waals surface area contributed by atoms with Gasteiger partial charge < -0.3 is 61.4 Å². The van der Waals surface area contributed by atoms with E-state index in [4.69, 9.17) is 19.9 Å². The molecule has 3 aliphatic heterocycles. The van der Waals surface area contributed by atoms with E-state index >= 15 is 0 Å². The maximum atomic E-state index is 12.7. The van der Waals surface area contributed by atoms with Crippen LogP contribution in [0, 0.1) is 10.8 Å². The van der Waals surface area contributed by atoms with Gasteiger partial charge in [-0.15, -0.1) is 35.9 Å². The SMILES string of the molecule is CO[C@@H](C(=O)N[C@H]1CSc2c(Br)cccc2NC1=O)[C@H](O)[C@@H](O)[C@H](O)/C=C/C(C)(C)C.CO[C@H]1C(=O)O[C@@H]([C@H](O)/C=C/C(C)(C)C)[C@H]1O.Cl.N[C@H]1CSc2c(Br)cccc2NC1=O. The number of nitrogens with two attached hydrogens (primary N) is 1. The van der Waals surface area contributed by atoms with Crippen molar-refractivity contribution in [2.45, 2.75) is 112 Å². The van der Waals surface area contributed by atoms with Crippen LogP contribution in [0.4, 0.5) is 11.4 Å². The summed E-state index contributed by atoms with van der Waals surface area (Å²) in [5.74, 6) is -1.06. The summed E-state index contributed by atoms with van der Waals surface area (Å²) in [6, 6.07) is 9.82. The van der Waals surface area contributed by atoms with Crippen molar-refractivity contribution in [1.29, 1.82) is 0 Å². The molecule has 2 aromatic carbocycles. The third-order valence-electron chi connectivity index (χ3n) is 9.05. The van der Waals surface area contributed by atoms with Crippen molar-refractivity contribution < 1.29 is 58.9 Å². The predicted molar refractivity (Wildman–Crippen MR) is 253 cm³/mol. The topological polar surface area (TPSA) is 259 Å². The summed E-state index contributed by atoms with van der Waals surface area (Å²) in [4.78, 5) is 49.9. The maximum absolute atomic E-state index is 12.7. The van der Waals surface area contributed by atoms with E-state index in [1.54, 1.807) is 36.0 Å². The molecule has 0 spiro atoms. The maximum Gasteiger partial charge on any atom is 0.338 e. The van der Waals surface area contributed by atoms with Crippen molar-refractivity contribution in [3.8, 4) is 0 Å². The lowest BCUT2D eigenvalue weighted by Gasteiger charge is -2.28. The van der Waals surface area contributed by atoms with E-state index in [0.29, 0.717) is 11.4 Å². The molecule has 3 heterocycles. The van der Waals surface area contributed by atoms with Crippen LogP contribution in [-0.4, -0.2) is 136 Å². The van der Waals surface area contributed by atoms with E-state index in [2.05, 4.69) is 47.8 Å². The Morgan fingerprint density at radius 3 is 1.86 bits per heavy atom. The second-order valence-electron chi connectivity index (χ2n) is 16.6. The molecule has 1 saturated heterocycles. The number of thioether (sulfide) groups is 2. The molecule has 0 bridgehead atoms. The summed E-state index contributed by atoms with van der Waals surface area (Å²) in [6.45, 7) is 11.7. The van der Waals surface area contributed by atoms with Gasteiger partial charge in [-0.05, 0) is 67.0 Å². The number of cyclic esters (lactones) is 1. The van der Waals surface area contributed by atoms with Gasteiger partial charge in [0.05, 0.1) is 17.4 Å². The molecule has 3 aliphatic rings. The molecule has 0 aliphatic carbocycles. The Bertz CT molecular complexity index is 1940. The predicted octanol–water partition coefficient (Wildman–Crippen LogP) is 4.17. The van der Waals surface area contributed by atoms with E-state index in [1.807, 2.05) is 65.8 Å². The molecule has 0 aromatic heterocycles. The molecule has 10 atom stereocenters. The highest BCUT2D eigenvalue weighted by atomic mass is 79.9. The van der Waals surface area contributed by atoms with Crippen LogP contribution >= 0.6 is 67.8 Å². The largest absolute Gasteiger partial charge is 0.454 e. The lowest BCUT2D eigenvalue weighted by molar-refractivity contribution is -0.151. The van der Waals surface area contributed by atoms with E-state index in [9.17, 15) is 44.7 Å².